The molecule has 0 fully saturated rings. The van der Waals surface area contributed by atoms with Crippen LogP contribution in [-0.4, -0.2) is 31.4 Å². The average Bonchev–Trinajstić information content (AvgIpc) is 2.52. The summed E-state index contributed by atoms with van der Waals surface area (Å²) in [5, 5.41) is 4.20. The van der Waals surface area contributed by atoms with Crippen molar-refractivity contribution in [2.75, 3.05) is 20.6 Å². The first-order valence-corrected chi connectivity index (χ1v) is 8.18. The molecule has 0 radical (unpaired) electrons. The lowest BCUT2D eigenvalue weighted by molar-refractivity contribution is 0.0933. The minimum atomic E-state index is -0.172. The van der Waals surface area contributed by atoms with E-state index in [0.29, 0.717) is 15.6 Å². The number of hydrogen-bond donors (Lipinski definition) is 1. The number of halogens is 2. The van der Waals surface area contributed by atoms with E-state index >= 15 is 0 Å². The zero-order valence-electron chi connectivity index (χ0n) is 13.2. The molecule has 1 amide bonds. The Morgan fingerprint density at radius 3 is 2.35 bits per heavy atom. The Bertz CT molecular complexity index is 656. The second-order valence-corrected chi connectivity index (χ2v) is 6.49. The largest absolute Gasteiger partial charge is 0.345 e. The van der Waals surface area contributed by atoms with Crippen LogP contribution in [0.1, 0.15) is 28.4 Å². The molecule has 1 atom stereocenters. The van der Waals surface area contributed by atoms with Gasteiger partial charge in [-0.05, 0) is 56.9 Å². The smallest absolute Gasteiger partial charge is 0.253 e. The van der Waals surface area contributed by atoms with E-state index < -0.39 is 0 Å². The van der Waals surface area contributed by atoms with Crippen molar-refractivity contribution < 1.29 is 4.79 Å². The molecule has 122 valence electrons. The van der Waals surface area contributed by atoms with Crippen molar-refractivity contribution in [3.63, 3.8) is 0 Å². The van der Waals surface area contributed by atoms with E-state index in [2.05, 4.69) is 10.2 Å². The summed E-state index contributed by atoms with van der Waals surface area (Å²) in [4.78, 5) is 14.6. The first-order valence-electron chi connectivity index (χ1n) is 7.43. The Hall–Kier alpha value is -1.55. The van der Waals surface area contributed by atoms with Gasteiger partial charge in [0.25, 0.3) is 5.91 Å². The Morgan fingerprint density at radius 1 is 1.09 bits per heavy atom. The van der Waals surface area contributed by atoms with Gasteiger partial charge in [0.2, 0.25) is 0 Å². The molecule has 0 saturated heterocycles. The Balaban J connectivity index is 2.18. The van der Waals surface area contributed by atoms with Crippen molar-refractivity contribution in [3.05, 3.63) is 69.7 Å². The number of nitrogens with one attached hydrogen (secondary N) is 1. The molecule has 0 saturated carbocycles. The SMILES string of the molecule is CN(C)CCC(NC(=O)c1ccccc1Cl)c1ccc(Cl)cc1. The van der Waals surface area contributed by atoms with Gasteiger partial charge in [0.1, 0.15) is 0 Å². The molecule has 0 spiro atoms. The molecule has 23 heavy (non-hydrogen) atoms. The maximum absolute atomic E-state index is 12.5. The minimum absolute atomic E-state index is 0.0987. The Morgan fingerprint density at radius 2 is 1.74 bits per heavy atom. The van der Waals surface area contributed by atoms with E-state index in [4.69, 9.17) is 23.2 Å². The van der Waals surface area contributed by atoms with Gasteiger partial charge in [-0.25, -0.2) is 0 Å². The van der Waals surface area contributed by atoms with E-state index in [-0.39, 0.29) is 11.9 Å². The molecular weight excluding hydrogens is 331 g/mol. The summed E-state index contributed by atoms with van der Waals surface area (Å²) in [5.74, 6) is -0.172. The molecule has 0 heterocycles. The van der Waals surface area contributed by atoms with E-state index in [1.54, 1.807) is 18.2 Å². The summed E-state index contributed by atoms with van der Waals surface area (Å²) < 4.78 is 0. The number of carbonyl (C=O) groups excluding carboxylic acids is 1. The summed E-state index contributed by atoms with van der Waals surface area (Å²) in [5.41, 5.74) is 1.51. The van der Waals surface area contributed by atoms with Crippen LogP contribution in [0.25, 0.3) is 0 Å². The van der Waals surface area contributed by atoms with Gasteiger partial charge in [-0.3, -0.25) is 4.79 Å². The zero-order valence-corrected chi connectivity index (χ0v) is 14.7. The Kier molecular flexibility index (Phi) is 6.46. The molecule has 5 heteroatoms. The molecule has 2 aromatic rings. The predicted molar refractivity (Wildman–Crippen MR) is 96.3 cm³/mol. The van der Waals surface area contributed by atoms with Crippen molar-refractivity contribution in [1.29, 1.82) is 0 Å². The zero-order chi connectivity index (χ0) is 16.8. The number of amides is 1. The van der Waals surface area contributed by atoms with Crippen molar-refractivity contribution in [1.82, 2.24) is 10.2 Å². The number of rotatable bonds is 6. The van der Waals surface area contributed by atoms with Gasteiger partial charge < -0.3 is 10.2 Å². The molecule has 1 unspecified atom stereocenters. The quantitative estimate of drug-likeness (QED) is 0.836. The van der Waals surface area contributed by atoms with Crippen LogP contribution in [0.5, 0.6) is 0 Å². The van der Waals surface area contributed by atoms with E-state index in [1.165, 1.54) is 0 Å². The van der Waals surface area contributed by atoms with Crippen LogP contribution >= 0.6 is 23.2 Å². The van der Waals surface area contributed by atoms with Crippen molar-refractivity contribution >= 4 is 29.1 Å². The van der Waals surface area contributed by atoms with Gasteiger partial charge >= 0.3 is 0 Å². The highest BCUT2D eigenvalue weighted by Crippen LogP contribution is 2.22. The third kappa shape index (κ3) is 5.24. The van der Waals surface area contributed by atoms with Gasteiger partial charge in [0.05, 0.1) is 16.6 Å². The van der Waals surface area contributed by atoms with Crippen molar-refractivity contribution in [3.8, 4) is 0 Å². The van der Waals surface area contributed by atoms with Crippen LogP contribution in [0.15, 0.2) is 48.5 Å². The molecule has 0 bridgehead atoms. The van der Waals surface area contributed by atoms with Crippen LogP contribution in [0.2, 0.25) is 10.0 Å². The van der Waals surface area contributed by atoms with Gasteiger partial charge in [0.15, 0.2) is 0 Å². The third-order valence-electron chi connectivity index (χ3n) is 3.56. The fourth-order valence-corrected chi connectivity index (χ4v) is 2.63. The lowest BCUT2D eigenvalue weighted by Gasteiger charge is -2.21. The van der Waals surface area contributed by atoms with Gasteiger partial charge in [-0.1, -0.05) is 47.5 Å². The van der Waals surface area contributed by atoms with Gasteiger partial charge in [-0.2, -0.15) is 0 Å². The summed E-state index contributed by atoms with van der Waals surface area (Å²) in [6.45, 7) is 0.857. The topological polar surface area (TPSA) is 32.3 Å². The fraction of sp³-hybridized carbons (Fsp3) is 0.278. The molecule has 0 aliphatic heterocycles. The second kappa shape index (κ2) is 8.34. The highest BCUT2D eigenvalue weighted by atomic mass is 35.5. The highest BCUT2D eigenvalue weighted by molar-refractivity contribution is 6.33. The van der Waals surface area contributed by atoms with Crippen LogP contribution in [0, 0.1) is 0 Å². The molecule has 0 aromatic heterocycles. The summed E-state index contributed by atoms with van der Waals surface area (Å²) in [7, 11) is 4.02. The Labute approximate surface area is 147 Å². The predicted octanol–water partition coefficient (Wildman–Crippen LogP) is 4.42. The van der Waals surface area contributed by atoms with Crippen LogP contribution in [-0.2, 0) is 0 Å². The third-order valence-corrected chi connectivity index (χ3v) is 4.14. The first kappa shape index (κ1) is 17.8. The van der Waals surface area contributed by atoms with Gasteiger partial charge in [-0.15, -0.1) is 0 Å². The maximum atomic E-state index is 12.5. The van der Waals surface area contributed by atoms with Crippen LogP contribution in [0.3, 0.4) is 0 Å². The number of benzene rings is 2. The molecule has 2 aromatic carbocycles. The monoisotopic (exact) mass is 350 g/mol. The molecule has 0 aliphatic rings. The first-order chi connectivity index (χ1) is 11.0. The maximum Gasteiger partial charge on any atom is 0.253 e. The summed E-state index contributed by atoms with van der Waals surface area (Å²) >= 11 is 12.1. The van der Waals surface area contributed by atoms with E-state index in [0.717, 1.165) is 18.5 Å². The van der Waals surface area contributed by atoms with E-state index in [9.17, 15) is 4.79 Å². The second-order valence-electron chi connectivity index (χ2n) is 5.65. The van der Waals surface area contributed by atoms with Crippen LogP contribution < -0.4 is 5.32 Å². The van der Waals surface area contributed by atoms with Crippen molar-refractivity contribution in [2.45, 2.75) is 12.5 Å². The fourth-order valence-electron chi connectivity index (χ4n) is 2.29. The number of carbonyl (C=O) groups is 1. The molecule has 2 rings (SSSR count). The normalized spacial score (nSPS) is 12.2. The molecule has 1 N–H and O–H groups in total. The lowest BCUT2D eigenvalue weighted by Crippen LogP contribution is -2.31. The van der Waals surface area contributed by atoms with E-state index in [1.807, 2.05) is 44.4 Å². The standard InChI is InChI=1S/C18H20Cl2N2O/c1-22(2)12-11-17(13-7-9-14(19)10-8-13)21-18(23)15-5-3-4-6-16(15)20/h3-10,17H,11-12H2,1-2H3,(H,21,23). The van der Waals surface area contributed by atoms with Crippen LogP contribution in [0.4, 0.5) is 0 Å². The molecular formula is C18H20Cl2N2O. The number of hydrogen-bond acceptors (Lipinski definition) is 2. The number of nitrogens with zero attached hydrogens (tertiary/aromatic N) is 1. The summed E-state index contributed by atoms with van der Waals surface area (Å²) in [6, 6.07) is 14.5. The summed E-state index contributed by atoms with van der Waals surface area (Å²) in [6.07, 6.45) is 0.796. The molecule has 0 aliphatic carbocycles. The van der Waals surface area contributed by atoms with Crippen molar-refractivity contribution in [2.24, 2.45) is 0 Å². The average molecular weight is 351 g/mol. The van der Waals surface area contributed by atoms with Gasteiger partial charge in [0, 0.05) is 5.02 Å². The molecule has 3 nitrogen and oxygen atoms in total. The lowest BCUT2D eigenvalue weighted by atomic mass is 10.0. The highest BCUT2D eigenvalue weighted by Gasteiger charge is 2.17. The minimum Gasteiger partial charge on any atom is -0.345 e.